The number of halogens is 1. The van der Waals surface area contributed by atoms with Crippen LogP contribution in [0.4, 0.5) is 5.69 Å². The molecule has 0 saturated carbocycles. The zero-order valence-corrected chi connectivity index (χ0v) is 15.3. The van der Waals surface area contributed by atoms with Crippen molar-refractivity contribution in [1.82, 2.24) is 0 Å². The molecule has 6 nitrogen and oxygen atoms in total. The fourth-order valence-electron chi connectivity index (χ4n) is 2.44. The molecule has 1 aliphatic heterocycles. The predicted octanol–water partition coefficient (Wildman–Crippen LogP) is 3.70. The Morgan fingerprint density at radius 1 is 1.19 bits per heavy atom. The van der Waals surface area contributed by atoms with Gasteiger partial charge in [-0.2, -0.15) is 0 Å². The topological polar surface area (TPSA) is 78.1 Å². The molecule has 26 heavy (non-hydrogen) atoms. The zero-order chi connectivity index (χ0) is 18.4. The molecule has 7 heteroatoms. The summed E-state index contributed by atoms with van der Waals surface area (Å²) in [6.45, 7) is 3.65. The number of benzene rings is 2. The number of anilines is 1. The fraction of sp³-hybridized carbons (Fsp3) is 0.316. The Morgan fingerprint density at radius 2 is 1.92 bits per heavy atom. The van der Waals surface area contributed by atoms with E-state index < -0.39 is 0 Å². The Kier molecular flexibility index (Phi) is 6.07. The van der Waals surface area contributed by atoms with Gasteiger partial charge in [-0.1, -0.05) is 11.6 Å². The molecule has 1 unspecified atom stereocenters. The standard InChI is InChI=1S/C19H22ClN3O3/c1-13(26-16-6-3-14(20)4-7-16)12-22-19(21)23-15-5-8-17-18(11-15)25-10-2-9-24-17/h3-8,11,13H,2,9-10,12H2,1H3,(H3,21,22,23). The van der Waals surface area contributed by atoms with Gasteiger partial charge in [-0.3, -0.25) is 0 Å². The van der Waals surface area contributed by atoms with Crippen molar-refractivity contribution in [3.05, 3.63) is 47.5 Å². The third kappa shape index (κ3) is 5.20. The van der Waals surface area contributed by atoms with Crippen molar-refractivity contribution in [1.29, 1.82) is 0 Å². The molecular weight excluding hydrogens is 354 g/mol. The summed E-state index contributed by atoms with van der Waals surface area (Å²) in [6.07, 6.45) is 0.743. The van der Waals surface area contributed by atoms with Crippen molar-refractivity contribution in [2.75, 3.05) is 25.1 Å². The minimum Gasteiger partial charge on any atom is -0.490 e. The third-order valence-corrected chi connectivity index (χ3v) is 3.94. The van der Waals surface area contributed by atoms with Gasteiger partial charge >= 0.3 is 0 Å². The lowest BCUT2D eigenvalue weighted by Crippen LogP contribution is -2.25. The van der Waals surface area contributed by atoms with E-state index in [2.05, 4.69) is 10.3 Å². The summed E-state index contributed by atoms with van der Waals surface area (Å²) in [7, 11) is 0. The van der Waals surface area contributed by atoms with Gasteiger partial charge in [-0.15, -0.1) is 0 Å². The molecule has 1 heterocycles. The molecule has 0 radical (unpaired) electrons. The summed E-state index contributed by atoms with van der Waals surface area (Å²) in [6, 6.07) is 12.8. The van der Waals surface area contributed by atoms with Crippen molar-refractivity contribution in [3.63, 3.8) is 0 Å². The lowest BCUT2D eigenvalue weighted by atomic mass is 10.3. The highest BCUT2D eigenvalue weighted by molar-refractivity contribution is 6.30. The first-order valence-corrected chi connectivity index (χ1v) is 8.87. The van der Waals surface area contributed by atoms with Crippen LogP contribution >= 0.6 is 11.6 Å². The van der Waals surface area contributed by atoms with E-state index in [9.17, 15) is 0 Å². The maximum atomic E-state index is 5.97. The number of hydrogen-bond donors (Lipinski definition) is 2. The van der Waals surface area contributed by atoms with Gasteiger partial charge in [0.05, 0.1) is 19.8 Å². The molecular formula is C19H22ClN3O3. The highest BCUT2D eigenvalue weighted by Gasteiger charge is 2.11. The first kappa shape index (κ1) is 18.2. The summed E-state index contributed by atoms with van der Waals surface area (Å²) in [5.41, 5.74) is 6.76. The lowest BCUT2D eigenvalue weighted by Gasteiger charge is -2.14. The van der Waals surface area contributed by atoms with Crippen molar-refractivity contribution in [2.45, 2.75) is 19.4 Å². The highest BCUT2D eigenvalue weighted by atomic mass is 35.5. The lowest BCUT2D eigenvalue weighted by molar-refractivity contribution is 0.230. The van der Waals surface area contributed by atoms with Gasteiger partial charge in [0, 0.05) is 23.2 Å². The second-order valence-electron chi connectivity index (χ2n) is 5.95. The maximum absolute atomic E-state index is 5.97. The van der Waals surface area contributed by atoms with E-state index in [0.29, 0.717) is 36.5 Å². The van der Waals surface area contributed by atoms with Gasteiger partial charge in [-0.05, 0) is 43.3 Å². The summed E-state index contributed by atoms with van der Waals surface area (Å²) < 4.78 is 17.1. The first-order valence-electron chi connectivity index (χ1n) is 8.49. The van der Waals surface area contributed by atoms with E-state index in [1.54, 1.807) is 12.1 Å². The second kappa shape index (κ2) is 8.67. The van der Waals surface area contributed by atoms with Crippen LogP contribution in [0.25, 0.3) is 0 Å². The minimum absolute atomic E-state index is 0.125. The van der Waals surface area contributed by atoms with E-state index in [1.165, 1.54) is 0 Å². The maximum Gasteiger partial charge on any atom is 0.193 e. The third-order valence-electron chi connectivity index (χ3n) is 3.69. The number of ether oxygens (including phenoxy) is 3. The molecule has 1 aliphatic rings. The molecule has 0 aromatic heterocycles. The molecule has 0 saturated heterocycles. The Bertz CT molecular complexity index is 765. The molecule has 0 spiro atoms. The average Bonchev–Trinajstić information content (AvgIpc) is 2.87. The van der Waals surface area contributed by atoms with Gasteiger partial charge in [0.1, 0.15) is 11.9 Å². The molecule has 0 aliphatic carbocycles. The Hall–Kier alpha value is -2.60. The molecule has 3 N–H and O–H groups in total. The number of nitrogens with one attached hydrogen (secondary N) is 1. The van der Waals surface area contributed by atoms with E-state index in [0.717, 1.165) is 23.6 Å². The van der Waals surface area contributed by atoms with Gasteiger partial charge in [0.25, 0.3) is 0 Å². The predicted molar refractivity (Wildman–Crippen MR) is 104 cm³/mol. The van der Waals surface area contributed by atoms with Crippen LogP contribution in [-0.2, 0) is 0 Å². The summed E-state index contributed by atoms with van der Waals surface area (Å²) in [4.78, 5) is 4.32. The van der Waals surface area contributed by atoms with Crippen LogP contribution in [0.1, 0.15) is 13.3 Å². The van der Waals surface area contributed by atoms with Crippen LogP contribution in [0.5, 0.6) is 17.2 Å². The van der Waals surface area contributed by atoms with Crippen LogP contribution < -0.4 is 25.3 Å². The minimum atomic E-state index is -0.125. The Morgan fingerprint density at radius 3 is 2.69 bits per heavy atom. The van der Waals surface area contributed by atoms with Gasteiger partial charge in [0.15, 0.2) is 17.5 Å². The number of aliphatic imine (C=N–C) groups is 1. The number of nitrogens with two attached hydrogens (primary N) is 1. The van der Waals surface area contributed by atoms with Gasteiger partial charge < -0.3 is 25.3 Å². The first-order chi connectivity index (χ1) is 12.6. The van der Waals surface area contributed by atoms with E-state index in [-0.39, 0.29) is 6.10 Å². The largest absolute Gasteiger partial charge is 0.490 e. The smallest absolute Gasteiger partial charge is 0.193 e. The monoisotopic (exact) mass is 375 g/mol. The van der Waals surface area contributed by atoms with Gasteiger partial charge in [0.2, 0.25) is 0 Å². The number of rotatable bonds is 5. The molecule has 0 bridgehead atoms. The summed E-state index contributed by atoms with van der Waals surface area (Å²) >= 11 is 5.86. The normalized spacial score (nSPS) is 15.1. The number of guanidine groups is 1. The van der Waals surface area contributed by atoms with Crippen LogP contribution in [-0.4, -0.2) is 31.8 Å². The summed E-state index contributed by atoms with van der Waals surface area (Å²) in [5, 5.41) is 3.73. The zero-order valence-electron chi connectivity index (χ0n) is 14.6. The molecule has 2 aromatic carbocycles. The van der Waals surface area contributed by atoms with Crippen LogP contribution in [0.15, 0.2) is 47.5 Å². The Labute approximate surface area is 157 Å². The molecule has 138 valence electrons. The van der Waals surface area contributed by atoms with Crippen molar-refractivity contribution in [3.8, 4) is 17.2 Å². The van der Waals surface area contributed by atoms with Crippen molar-refractivity contribution in [2.24, 2.45) is 10.7 Å². The second-order valence-corrected chi connectivity index (χ2v) is 6.38. The molecule has 2 aromatic rings. The molecule has 0 amide bonds. The quantitative estimate of drug-likeness (QED) is 0.615. The molecule has 3 rings (SSSR count). The fourth-order valence-corrected chi connectivity index (χ4v) is 2.56. The summed E-state index contributed by atoms with van der Waals surface area (Å²) in [5.74, 6) is 2.51. The number of hydrogen-bond acceptors (Lipinski definition) is 4. The number of nitrogens with zero attached hydrogens (tertiary/aromatic N) is 1. The van der Waals surface area contributed by atoms with E-state index >= 15 is 0 Å². The average molecular weight is 376 g/mol. The van der Waals surface area contributed by atoms with Gasteiger partial charge in [-0.25, -0.2) is 4.99 Å². The van der Waals surface area contributed by atoms with Crippen LogP contribution in [0, 0.1) is 0 Å². The van der Waals surface area contributed by atoms with E-state index in [4.69, 9.17) is 31.5 Å². The SMILES string of the molecule is CC(CN=C(N)Nc1ccc2c(c1)OCCCO2)Oc1ccc(Cl)cc1. The van der Waals surface area contributed by atoms with Crippen LogP contribution in [0.3, 0.4) is 0 Å². The van der Waals surface area contributed by atoms with Crippen molar-refractivity contribution >= 4 is 23.2 Å². The van der Waals surface area contributed by atoms with Crippen LogP contribution in [0.2, 0.25) is 5.02 Å². The Balaban J connectivity index is 1.54. The van der Waals surface area contributed by atoms with Crippen molar-refractivity contribution < 1.29 is 14.2 Å². The molecule has 1 atom stereocenters. The molecule has 0 fully saturated rings. The highest BCUT2D eigenvalue weighted by Crippen LogP contribution is 2.32. The number of fused-ring (bicyclic) bond motifs is 1. The van der Waals surface area contributed by atoms with E-state index in [1.807, 2.05) is 37.3 Å².